The van der Waals surface area contributed by atoms with E-state index in [-0.39, 0.29) is 11.4 Å². The van der Waals surface area contributed by atoms with Gasteiger partial charge in [-0.2, -0.15) is 13.5 Å². The van der Waals surface area contributed by atoms with E-state index in [2.05, 4.69) is 14.8 Å². The predicted octanol–water partition coefficient (Wildman–Crippen LogP) is 2.69. The maximum Gasteiger partial charge on any atom is 0.345 e. The molecular formula is C21H21N5O3S. The highest BCUT2D eigenvalue weighted by Gasteiger charge is 2.30. The fraction of sp³-hybridized carbons (Fsp3) is 0.190. The average Bonchev–Trinajstić information content (AvgIpc) is 2.97. The highest BCUT2D eigenvalue weighted by Crippen LogP contribution is 2.24. The van der Waals surface area contributed by atoms with E-state index in [1.807, 2.05) is 51.2 Å². The summed E-state index contributed by atoms with van der Waals surface area (Å²) in [6, 6.07) is 12.8. The number of nitrogens with one attached hydrogen (secondary N) is 1. The number of aromatic nitrogens is 2. The summed E-state index contributed by atoms with van der Waals surface area (Å²) < 4.78 is 31.8. The van der Waals surface area contributed by atoms with Gasteiger partial charge in [-0.05, 0) is 49.8 Å². The van der Waals surface area contributed by atoms with E-state index in [9.17, 15) is 13.2 Å². The SMILES string of the molecule is Cc1cccc(NC(=O)C2=CC(c3ccc4c(c3)c(C)nn4C)=NS(=O)(=O)N2C)c1. The standard InChI is InChI=1S/C21H21N5O3S/c1-13-6-5-7-16(10-13)22-21(27)20-12-18(24-30(28,29)26(20)4)15-8-9-19-17(11-15)14(2)23-25(19)3/h5-12H,1-4H3,(H,22,27). The van der Waals surface area contributed by atoms with Crippen molar-refractivity contribution in [3.05, 3.63) is 71.1 Å². The normalized spacial score (nSPS) is 15.7. The van der Waals surface area contributed by atoms with E-state index in [4.69, 9.17) is 0 Å². The zero-order chi connectivity index (χ0) is 21.6. The molecule has 154 valence electrons. The van der Waals surface area contributed by atoms with Crippen molar-refractivity contribution in [3.8, 4) is 0 Å². The Bertz CT molecular complexity index is 1350. The molecule has 0 atom stereocenters. The van der Waals surface area contributed by atoms with Crippen molar-refractivity contribution in [2.24, 2.45) is 11.4 Å². The van der Waals surface area contributed by atoms with E-state index in [0.717, 1.165) is 26.5 Å². The van der Waals surface area contributed by atoms with E-state index in [0.29, 0.717) is 11.3 Å². The maximum atomic E-state index is 12.9. The Morgan fingerprint density at radius 1 is 1.07 bits per heavy atom. The van der Waals surface area contributed by atoms with E-state index in [1.165, 1.54) is 13.1 Å². The molecule has 8 nitrogen and oxygen atoms in total. The van der Waals surface area contributed by atoms with Gasteiger partial charge in [0.05, 0.1) is 16.9 Å². The van der Waals surface area contributed by atoms with Crippen LogP contribution in [0.2, 0.25) is 0 Å². The minimum atomic E-state index is -4.04. The van der Waals surface area contributed by atoms with E-state index >= 15 is 0 Å². The van der Waals surface area contributed by atoms with Crippen molar-refractivity contribution in [2.75, 3.05) is 12.4 Å². The van der Waals surface area contributed by atoms with Gasteiger partial charge >= 0.3 is 10.2 Å². The summed E-state index contributed by atoms with van der Waals surface area (Å²) in [6.07, 6.45) is 1.49. The highest BCUT2D eigenvalue weighted by atomic mass is 32.2. The molecule has 0 unspecified atom stereocenters. The quantitative estimate of drug-likeness (QED) is 0.700. The first-order valence-electron chi connectivity index (χ1n) is 9.28. The van der Waals surface area contributed by atoms with Gasteiger partial charge < -0.3 is 5.32 Å². The van der Waals surface area contributed by atoms with Crippen molar-refractivity contribution >= 4 is 38.4 Å². The molecule has 0 saturated carbocycles. The number of rotatable bonds is 3. The summed E-state index contributed by atoms with van der Waals surface area (Å²) in [6.45, 7) is 3.79. The first kappa shape index (κ1) is 19.8. The Balaban J connectivity index is 1.75. The molecule has 9 heteroatoms. The number of fused-ring (bicyclic) bond motifs is 1. The number of allylic oxidation sites excluding steroid dienone is 1. The van der Waals surface area contributed by atoms with Crippen molar-refractivity contribution in [2.45, 2.75) is 13.8 Å². The summed E-state index contributed by atoms with van der Waals surface area (Å²) in [5.74, 6) is -0.530. The van der Waals surface area contributed by atoms with Crippen molar-refractivity contribution < 1.29 is 13.2 Å². The van der Waals surface area contributed by atoms with Gasteiger partial charge in [0.2, 0.25) is 0 Å². The first-order valence-corrected chi connectivity index (χ1v) is 10.7. The van der Waals surface area contributed by atoms with Crippen LogP contribution in [0.4, 0.5) is 5.69 Å². The lowest BCUT2D eigenvalue weighted by atomic mass is 10.1. The summed E-state index contributed by atoms with van der Waals surface area (Å²) in [5.41, 5.74) is 4.10. The van der Waals surface area contributed by atoms with Crippen LogP contribution in [0, 0.1) is 13.8 Å². The van der Waals surface area contributed by atoms with Crippen LogP contribution in [0.5, 0.6) is 0 Å². The molecule has 0 aliphatic carbocycles. The van der Waals surface area contributed by atoms with E-state index in [1.54, 1.807) is 16.8 Å². The number of hydrogen-bond acceptors (Lipinski definition) is 4. The second-order valence-corrected chi connectivity index (χ2v) is 8.84. The molecule has 1 amide bonds. The Labute approximate surface area is 174 Å². The van der Waals surface area contributed by atoms with Crippen LogP contribution in [-0.2, 0) is 22.1 Å². The van der Waals surface area contributed by atoms with Crippen LogP contribution in [0.15, 0.2) is 58.6 Å². The third-order valence-corrected chi connectivity index (χ3v) is 6.33. The monoisotopic (exact) mass is 423 g/mol. The molecule has 0 radical (unpaired) electrons. The third-order valence-electron chi connectivity index (χ3n) is 5.01. The maximum absolute atomic E-state index is 12.9. The lowest BCUT2D eigenvalue weighted by Gasteiger charge is -2.23. The number of nitrogens with zero attached hydrogens (tertiary/aromatic N) is 4. The summed E-state index contributed by atoms with van der Waals surface area (Å²) in [5, 5.41) is 8.03. The first-order chi connectivity index (χ1) is 14.2. The minimum Gasteiger partial charge on any atom is -0.321 e. The smallest absolute Gasteiger partial charge is 0.321 e. The number of benzene rings is 2. The molecule has 0 saturated heterocycles. The molecule has 0 spiro atoms. The summed E-state index contributed by atoms with van der Waals surface area (Å²) in [7, 11) is -0.882. The molecule has 2 aromatic carbocycles. The zero-order valence-corrected chi connectivity index (χ0v) is 17.9. The van der Waals surface area contributed by atoms with E-state index < -0.39 is 16.1 Å². The Kier molecular flexibility index (Phi) is 4.70. The minimum absolute atomic E-state index is 0.00971. The van der Waals surface area contributed by atoms with Gasteiger partial charge in [0, 0.05) is 30.7 Å². The largest absolute Gasteiger partial charge is 0.345 e. The molecule has 0 bridgehead atoms. The predicted molar refractivity (Wildman–Crippen MR) is 117 cm³/mol. The molecule has 30 heavy (non-hydrogen) atoms. The van der Waals surface area contributed by atoms with Crippen molar-refractivity contribution in [1.82, 2.24) is 14.1 Å². The van der Waals surface area contributed by atoms with Crippen LogP contribution in [0.3, 0.4) is 0 Å². The number of anilines is 1. The highest BCUT2D eigenvalue weighted by molar-refractivity contribution is 7.88. The van der Waals surface area contributed by atoms with Crippen LogP contribution in [0.1, 0.15) is 16.8 Å². The number of carbonyl (C=O) groups is 1. The molecule has 1 aliphatic rings. The molecule has 1 N–H and O–H groups in total. The second kappa shape index (κ2) is 7.10. The third kappa shape index (κ3) is 3.48. The van der Waals surface area contributed by atoms with Gasteiger partial charge in [-0.3, -0.25) is 9.48 Å². The van der Waals surface area contributed by atoms with Gasteiger partial charge in [0.1, 0.15) is 5.70 Å². The Hall–Kier alpha value is -3.46. The lowest BCUT2D eigenvalue weighted by Crippen LogP contribution is -2.35. The van der Waals surface area contributed by atoms with Crippen LogP contribution < -0.4 is 5.32 Å². The van der Waals surface area contributed by atoms with Crippen molar-refractivity contribution in [1.29, 1.82) is 0 Å². The van der Waals surface area contributed by atoms with Gasteiger partial charge in [0.25, 0.3) is 5.91 Å². The Morgan fingerprint density at radius 2 is 1.83 bits per heavy atom. The molecule has 3 aromatic rings. The fourth-order valence-electron chi connectivity index (χ4n) is 3.42. The Morgan fingerprint density at radius 3 is 2.57 bits per heavy atom. The molecule has 0 fully saturated rings. The lowest BCUT2D eigenvalue weighted by molar-refractivity contribution is -0.113. The topological polar surface area (TPSA) is 96.7 Å². The number of aryl methyl sites for hydroxylation is 3. The molecule has 1 aliphatic heterocycles. The molecule has 1 aromatic heterocycles. The van der Waals surface area contributed by atoms with Gasteiger partial charge in [-0.1, -0.05) is 18.2 Å². The van der Waals surface area contributed by atoms with Crippen LogP contribution in [0.25, 0.3) is 10.9 Å². The number of carbonyl (C=O) groups excluding carboxylic acids is 1. The fourth-order valence-corrected chi connectivity index (χ4v) is 4.33. The number of hydrogen-bond donors (Lipinski definition) is 1. The molecular weight excluding hydrogens is 402 g/mol. The van der Waals surface area contributed by atoms with Gasteiger partial charge in [-0.25, -0.2) is 4.31 Å². The number of amides is 1. The van der Waals surface area contributed by atoms with Crippen LogP contribution in [-0.4, -0.2) is 41.2 Å². The average molecular weight is 423 g/mol. The summed E-state index contributed by atoms with van der Waals surface area (Å²) >= 11 is 0. The molecule has 2 heterocycles. The number of likely N-dealkylation sites (N-methyl/N-ethyl adjacent to an activating group) is 1. The van der Waals surface area contributed by atoms with Gasteiger partial charge in [0.15, 0.2) is 0 Å². The zero-order valence-electron chi connectivity index (χ0n) is 17.0. The van der Waals surface area contributed by atoms with Crippen LogP contribution >= 0.6 is 0 Å². The van der Waals surface area contributed by atoms with Gasteiger partial charge in [-0.15, -0.1) is 4.40 Å². The van der Waals surface area contributed by atoms with Crippen molar-refractivity contribution in [3.63, 3.8) is 0 Å². The second-order valence-electron chi connectivity index (χ2n) is 7.22. The summed E-state index contributed by atoms with van der Waals surface area (Å²) in [4.78, 5) is 12.9. The molecule has 4 rings (SSSR count).